The highest BCUT2D eigenvalue weighted by molar-refractivity contribution is 6.01. The number of hydrogen-bond donors (Lipinski definition) is 1. The third-order valence-corrected chi connectivity index (χ3v) is 3.91. The highest BCUT2D eigenvalue weighted by Crippen LogP contribution is 2.29. The zero-order valence-electron chi connectivity index (χ0n) is 15.9. The van der Waals surface area contributed by atoms with Gasteiger partial charge in [0.15, 0.2) is 11.5 Å². The molecule has 0 heterocycles. The monoisotopic (exact) mass is 364 g/mol. The number of nitrogens with zero attached hydrogens (tertiary/aromatic N) is 1. The van der Waals surface area contributed by atoms with Gasteiger partial charge in [0.05, 0.1) is 7.11 Å². The van der Waals surface area contributed by atoms with Gasteiger partial charge >= 0.3 is 0 Å². The highest BCUT2D eigenvalue weighted by atomic mass is 16.5. The molecule has 0 bridgehead atoms. The van der Waals surface area contributed by atoms with E-state index in [1.807, 2.05) is 44.2 Å². The van der Waals surface area contributed by atoms with Gasteiger partial charge in [-0.15, -0.1) is 0 Å². The molecule has 0 aliphatic heterocycles. The van der Waals surface area contributed by atoms with E-state index in [1.54, 1.807) is 25.3 Å². The number of carbonyl (C=O) groups excluding carboxylic acids is 1. The summed E-state index contributed by atoms with van der Waals surface area (Å²) in [5, 5.41) is 11.9. The van der Waals surface area contributed by atoms with E-state index in [-0.39, 0.29) is 11.5 Å². The minimum atomic E-state index is -0.377. The molecule has 5 nitrogen and oxygen atoms in total. The molecule has 2 rings (SSSR count). The van der Waals surface area contributed by atoms with Crippen molar-refractivity contribution in [3.05, 3.63) is 64.7 Å². The number of ether oxygens (including phenoxy) is 2. The Bertz CT molecular complexity index is 849. The van der Waals surface area contributed by atoms with Crippen molar-refractivity contribution in [2.45, 2.75) is 26.9 Å². The normalized spacial score (nSPS) is 10.8. The molecule has 0 saturated heterocycles. The smallest absolute Gasteiger partial charge is 0.261 e. The van der Waals surface area contributed by atoms with Gasteiger partial charge in [-0.3, -0.25) is 4.79 Å². The van der Waals surface area contributed by atoms with Crippen molar-refractivity contribution in [3.63, 3.8) is 0 Å². The lowest BCUT2D eigenvalue weighted by Gasteiger charge is -2.12. The zero-order valence-corrected chi connectivity index (χ0v) is 15.9. The predicted molar refractivity (Wildman–Crippen MR) is 105 cm³/mol. The zero-order chi connectivity index (χ0) is 19.6. The van der Waals surface area contributed by atoms with E-state index in [2.05, 4.69) is 5.32 Å². The Kier molecular flexibility index (Phi) is 7.45. The molecule has 140 valence electrons. The maximum atomic E-state index is 12.0. The summed E-state index contributed by atoms with van der Waals surface area (Å²) >= 11 is 0. The molecule has 1 N–H and O–H groups in total. The van der Waals surface area contributed by atoms with Gasteiger partial charge in [0.1, 0.15) is 18.2 Å². The lowest BCUT2D eigenvalue weighted by atomic mass is 10.1. The van der Waals surface area contributed by atoms with E-state index < -0.39 is 0 Å². The fourth-order valence-electron chi connectivity index (χ4n) is 2.39. The van der Waals surface area contributed by atoms with Gasteiger partial charge in [0.2, 0.25) is 0 Å². The molecule has 0 fully saturated rings. The maximum absolute atomic E-state index is 12.0. The second-order valence-electron chi connectivity index (χ2n) is 6.11. The van der Waals surface area contributed by atoms with Crippen LogP contribution in [0.1, 0.15) is 30.0 Å². The van der Waals surface area contributed by atoms with Crippen LogP contribution in [0, 0.1) is 18.3 Å². The number of hydrogen-bond acceptors (Lipinski definition) is 4. The Morgan fingerprint density at radius 1 is 1.19 bits per heavy atom. The lowest BCUT2D eigenvalue weighted by Crippen LogP contribution is -2.25. The molecule has 0 aliphatic carbocycles. The molecule has 0 unspecified atom stereocenters. The molecular weight excluding hydrogens is 340 g/mol. The molecule has 0 saturated carbocycles. The Labute approximate surface area is 160 Å². The quantitative estimate of drug-likeness (QED) is 0.567. The van der Waals surface area contributed by atoms with Gasteiger partial charge in [-0.2, -0.15) is 5.26 Å². The minimum Gasteiger partial charge on any atom is -0.493 e. The summed E-state index contributed by atoms with van der Waals surface area (Å²) < 4.78 is 11.2. The summed E-state index contributed by atoms with van der Waals surface area (Å²) in [4.78, 5) is 12.0. The minimum absolute atomic E-state index is 0.0545. The summed E-state index contributed by atoms with van der Waals surface area (Å²) in [6.45, 7) is 4.95. The molecule has 0 spiro atoms. The van der Waals surface area contributed by atoms with E-state index in [4.69, 9.17) is 9.47 Å². The molecule has 0 aliphatic rings. The van der Waals surface area contributed by atoms with Crippen LogP contribution >= 0.6 is 0 Å². The first-order valence-corrected chi connectivity index (χ1v) is 8.83. The van der Waals surface area contributed by atoms with Crippen molar-refractivity contribution in [3.8, 4) is 17.6 Å². The Morgan fingerprint density at radius 3 is 2.56 bits per heavy atom. The second kappa shape index (κ2) is 10.0. The number of nitrogens with one attached hydrogen (secondary N) is 1. The van der Waals surface area contributed by atoms with Crippen LogP contribution in [-0.2, 0) is 11.4 Å². The first-order valence-electron chi connectivity index (χ1n) is 8.83. The van der Waals surface area contributed by atoms with E-state index in [1.165, 1.54) is 11.6 Å². The summed E-state index contributed by atoms with van der Waals surface area (Å²) in [7, 11) is 1.56. The van der Waals surface area contributed by atoms with Crippen LogP contribution in [0.4, 0.5) is 0 Å². The predicted octanol–water partition coefficient (Wildman–Crippen LogP) is 4.02. The highest BCUT2D eigenvalue weighted by Gasteiger charge is 2.10. The SMILES string of the molecule is CCCNC(=O)/C(C#N)=C\c1ccc(OCc2ccc(C)cc2)c(OC)c1. The van der Waals surface area contributed by atoms with Crippen LogP contribution in [0.15, 0.2) is 48.0 Å². The third kappa shape index (κ3) is 5.89. The van der Waals surface area contributed by atoms with Gasteiger partial charge in [-0.1, -0.05) is 42.8 Å². The molecule has 0 radical (unpaired) electrons. The maximum Gasteiger partial charge on any atom is 0.261 e. The number of methoxy groups -OCH3 is 1. The molecule has 2 aromatic carbocycles. The van der Waals surface area contributed by atoms with Crippen LogP contribution in [0.5, 0.6) is 11.5 Å². The molecule has 1 amide bonds. The van der Waals surface area contributed by atoms with Gasteiger partial charge in [0, 0.05) is 6.54 Å². The van der Waals surface area contributed by atoms with Crippen molar-refractivity contribution < 1.29 is 14.3 Å². The summed E-state index contributed by atoms with van der Waals surface area (Å²) in [5.41, 5.74) is 3.01. The van der Waals surface area contributed by atoms with Gasteiger partial charge in [0.25, 0.3) is 5.91 Å². The summed E-state index contributed by atoms with van der Waals surface area (Å²) in [6.07, 6.45) is 2.35. The Balaban J connectivity index is 2.14. The number of nitriles is 1. The topological polar surface area (TPSA) is 71.4 Å². The van der Waals surface area contributed by atoms with E-state index in [0.29, 0.717) is 30.2 Å². The number of aryl methyl sites for hydroxylation is 1. The summed E-state index contributed by atoms with van der Waals surface area (Å²) in [5.74, 6) is 0.768. The van der Waals surface area contributed by atoms with E-state index >= 15 is 0 Å². The molecule has 0 aromatic heterocycles. The number of carbonyl (C=O) groups is 1. The molecule has 0 atom stereocenters. The third-order valence-electron chi connectivity index (χ3n) is 3.91. The number of rotatable bonds is 8. The van der Waals surface area contributed by atoms with Gasteiger partial charge in [-0.25, -0.2) is 0 Å². The van der Waals surface area contributed by atoms with Gasteiger partial charge in [-0.05, 0) is 42.7 Å². The average molecular weight is 364 g/mol. The first-order chi connectivity index (χ1) is 13.1. The van der Waals surface area contributed by atoms with E-state index in [0.717, 1.165) is 12.0 Å². The van der Waals surface area contributed by atoms with Gasteiger partial charge < -0.3 is 14.8 Å². The summed E-state index contributed by atoms with van der Waals surface area (Å²) in [6, 6.07) is 15.4. The molecule has 2 aromatic rings. The van der Waals surface area contributed by atoms with Crippen molar-refractivity contribution >= 4 is 12.0 Å². The molecular formula is C22H24N2O3. The standard InChI is InChI=1S/C22H24N2O3/c1-4-11-24-22(25)19(14-23)12-18-9-10-20(21(13-18)26-3)27-15-17-7-5-16(2)6-8-17/h5-10,12-13H,4,11,15H2,1-3H3,(H,24,25)/b19-12-. The number of benzene rings is 2. The van der Waals surface area contributed by atoms with Crippen molar-refractivity contribution in [1.29, 1.82) is 5.26 Å². The van der Waals surface area contributed by atoms with Crippen molar-refractivity contribution in [2.24, 2.45) is 0 Å². The van der Waals surface area contributed by atoms with Crippen LogP contribution in [0.25, 0.3) is 6.08 Å². The second-order valence-corrected chi connectivity index (χ2v) is 6.11. The first kappa shape index (κ1) is 20.1. The fourth-order valence-corrected chi connectivity index (χ4v) is 2.39. The number of amides is 1. The lowest BCUT2D eigenvalue weighted by molar-refractivity contribution is -0.117. The van der Waals surface area contributed by atoms with E-state index in [9.17, 15) is 10.1 Å². The average Bonchev–Trinajstić information content (AvgIpc) is 2.70. The van der Waals surface area contributed by atoms with Crippen LogP contribution < -0.4 is 14.8 Å². The Morgan fingerprint density at radius 2 is 1.93 bits per heavy atom. The van der Waals surface area contributed by atoms with Crippen molar-refractivity contribution in [1.82, 2.24) is 5.32 Å². The largest absolute Gasteiger partial charge is 0.493 e. The van der Waals surface area contributed by atoms with Crippen LogP contribution in [0.2, 0.25) is 0 Å². The van der Waals surface area contributed by atoms with Crippen LogP contribution in [0.3, 0.4) is 0 Å². The molecule has 27 heavy (non-hydrogen) atoms. The Hall–Kier alpha value is -3.26. The molecule has 5 heteroatoms. The fraction of sp³-hybridized carbons (Fsp3) is 0.273. The van der Waals surface area contributed by atoms with Crippen molar-refractivity contribution in [2.75, 3.05) is 13.7 Å². The van der Waals surface area contributed by atoms with Crippen LogP contribution in [-0.4, -0.2) is 19.6 Å².